The van der Waals surface area contributed by atoms with Crippen molar-refractivity contribution in [2.75, 3.05) is 11.9 Å². The molecule has 1 amide bonds. The molecule has 1 heterocycles. The number of nitrogens with one attached hydrogen (secondary N) is 1. The van der Waals surface area contributed by atoms with Gasteiger partial charge in [0.1, 0.15) is 11.5 Å². The Bertz CT molecular complexity index is 750. The first-order valence-corrected chi connectivity index (χ1v) is 6.76. The molecule has 23 heavy (non-hydrogen) atoms. The number of rotatable bonds is 5. The average molecular weight is 318 g/mol. The van der Waals surface area contributed by atoms with Crippen molar-refractivity contribution in [3.63, 3.8) is 0 Å². The van der Waals surface area contributed by atoms with Gasteiger partial charge in [-0.25, -0.2) is 9.18 Å². The molecule has 0 saturated heterocycles. The van der Waals surface area contributed by atoms with E-state index in [-0.39, 0.29) is 11.5 Å². The van der Waals surface area contributed by atoms with Crippen LogP contribution in [0, 0.1) is 5.82 Å². The van der Waals surface area contributed by atoms with Gasteiger partial charge in [0.25, 0.3) is 5.91 Å². The molecule has 1 aromatic heterocycles. The summed E-state index contributed by atoms with van der Waals surface area (Å²) < 4.78 is 19.1. The number of esters is 1. The van der Waals surface area contributed by atoms with E-state index < -0.39 is 24.3 Å². The average Bonchev–Trinajstić information content (AvgIpc) is 2.89. The predicted octanol–water partition coefficient (Wildman–Crippen LogP) is 2.16. The number of carbonyl (C=O) groups is 3. The van der Waals surface area contributed by atoms with Gasteiger partial charge in [-0.2, -0.15) is 0 Å². The Morgan fingerprint density at radius 2 is 1.87 bits per heavy atom. The number of carbonyl (C=O) groups excluding carboxylic acids is 3. The Morgan fingerprint density at radius 1 is 1.22 bits per heavy atom. The van der Waals surface area contributed by atoms with Crippen LogP contribution in [0.2, 0.25) is 0 Å². The fourth-order valence-electron chi connectivity index (χ4n) is 1.90. The molecule has 0 aliphatic heterocycles. The van der Waals surface area contributed by atoms with Gasteiger partial charge in [0.2, 0.25) is 0 Å². The smallest absolute Gasteiger partial charge is 0.355 e. The molecule has 120 valence electrons. The lowest BCUT2D eigenvalue weighted by atomic mass is 10.2. The number of anilines is 1. The molecule has 0 atom stereocenters. The fourth-order valence-corrected chi connectivity index (χ4v) is 1.90. The van der Waals surface area contributed by atoms with Crippen molar-refractivity contribution in [1.82, 2.24) is 4.57 Å². The highest BCUT2D eigenvalue weighted by molar-refractivity contribution is 5.98. The number of benzene rings is 1. The second-order valence-corrected chi connectivity index (χ2v) is 4.91. The number of Topliss-reactive ketones (excluding diaryl/α,β-unsaturated/α-hetero) is 1. The van der Waals surface area contributed by atoms with Crippen LogP contribution in [0.15, 0.2) is 36.5 Å². The number of aromatic nitrogens is 1. The van der Waals surface area contributed by atoms with Gasteiger partial charge in [-0.15, -0.1) is 0 Å². The zero-order valence-corrected chi connectivity index (χ0v) is 12.6. The molecule has 0 aliphatic carbocycles. The number of hydrogen-bond donors (Lipinski definition) is 1. The number of amides is 1. The lowest BCUT2D eigenvalue weighted by molar-refractivity contribution is -0.119. The second kappa shape index (κ2) is 6.87. The third-order valence-electron chi connectivity index (χ3n) is 3.08. The minimum Gasteiger partial charge on any atom is -0.451 e. The van der Waals surface area contributed by atoms with Crippen molar-refractivity contribution in [1.29, 1.82) is 0 Å². The summed E-state index contributed by atoms with van der Waals surface area (Å²) in [5, 5.41) is 2.47. The normalized spacial score (nSPS) is 10.2. The molecular weight excluding hydrogens is 303 g/mol. The van der Waals surface area contributed by atoms with Crippen molar-refractivity contribution >= 4 is 23.3 Å². The van der Waals surface area contributed by atoms with Crippen molar-refractivity contribution in [3.8, 4) is 0 Å². The molecule has 6 nitrogen and oxygen atoms in total. The van der Waals surface area contributed by atoms with Crippen LogP contribution in [0.5, 0.6) is 0 Å². The molecule has 0 bridgehead atoms. The van der Waals surface area contributed by atoms with Crippen LogP contribution in [0.25, 0.3) is 0 Å². The van der Waals surface area contributed by atoms with Crippen LogP contribution < -0.4 is 5.32 Å². The van der Waals surface area contributed by atoms with Gasteiger partial charge in [-0.3, -0.25) is 9.59 Å². The van der Waals surface area contributed by atoms with Gasteiger partial charge < -0.3 is 14.6 Å². The van der Waals surface area contributed by atoms with Gasteiger partial charge in [0.05, 0.1) is 0 Å². The predicted molar refractivity (Wildman–Crippen MR) is 80.7 cm³/mol. The maximum Gasteiger partial charge on any atom is 0.355 e. The van der Waals surface area contributed by atoms with Crippen LogP contribution in [0.3, 0.4) is 0 Å². The summed E-state index contributed by atoms with van der Waals surface area (Å²) in [5.74, 6) is -1.85. The van der Waals surface area contributed by atoms with E-state index in [4.69, 9.17) is 4.74 Å². The van der Waals surface area contributed by atoms with Crippen LogP contribution in [0.4, 0.5) is 10.1 Å². The zero-order valence-electron chi connectivity index (χ0n) is 12.6. The maximum atomic E-state index is 12.8. The van der Waals surface area contributed by atoms with E-state index in [1.807, 2.05) is 0 Å². The van der Waals surface area contributed by atoms with Crippen molar-refractivity contribution in [2.45, 2.75) is 6.92 Å². The van der Waals surface area contributed by atoms with Crippen LogP contribution in [-0.4, -0.2) is 28.8 Å². The van der Waals surface area contributed by atoms with E-state index in [9.17, 15) is 18.8 Å². The van der Waals surface area contributed by atoms with E-state index in [0.717, 1.165) is 0 Å². The lowest BCUT2D eigenvalue weighted by Crippen LogP contribution is -2.21. The lowest BCUT2D eigenvalue weighted by Gasteiger charge is -2.07. The summed E-state index contributed by atoms with van der Waals surface area (Å²) in [6.45, 7) is 0.900. The summed E-state index contributed by atoms with van der Waals surface area (Å²) in [4.78, 5) is 34.9. The molecule has 2 rings (SSSR count). The number of ether oxygens (including phenoxy) is 1. The standard InChI is InChI=1S/C16H15FN2O4/c1-10(20)11-7-14(19(2)8-11)16(22)23-9-15(21)18-13-5-3-12(17)4-6-13/h3-8H,9H2,1-2H3,(H,18,21). The molecule has 0 unspecified atom stereocenters. The topological polar surface area (TPSA) is 77.4 Å². The Hall–Kier alpha value is -2.96. The van der Waals surface area contributed by atoms with Crippen molar-refractivity contribution in [3.05, 3.63) is 53.6 Å². The Morgan fingerprint density at radius 3 is 2.43 bits per heavy atom. The molecule has 1 aromatic carbocycles. The molecule has 0 fully saturated rings. The highest BCUT2D eigenvalue weighted by atomic mass is 19.1. The highest BCUT2D eigenvalue weighted by Crippen LogP contribution is 2.10. The number of ketones is 1. The van der Waals surface area contributed by atoms with E-state index in [0.29, 0.717) is 11.3 Å². The summed E-state index contributed by atoms with van der Waals surface area (Å²) >= 11 is 0. The van der Waals surface area contributed by atoms with Gasteiger partial charge in [-0.1, -0.05) is 0 Å². The molecule has 7 heteroatoms. The van der Waals surface area contributed by atoms with Crippen molar-refractivity contribution < 1.29 is 23.5 Å². The number of hydrogen-bond acceptors (Lipinski definition) is 4. The van der Waals surface area contributed by atoms with Crippen LogP contribution >= 0.6 is 0 Å². The first-order valence-electron chi connectivity index (χ1n) is 6.76. The van der Waals surface area contributed by atoms with E-state index >= 15 is 0 Å². The molecular formula is C16H15FN2O4. The van der Waals surface area contributed by atoms with Gasteiger partial charge in [-0.05, 0) is 37.3 Å². The SMILES string of the molecule is CC(=O)c1cc(C(=O)OCC(=O)Nc2ccc(F)cc2)n(C)c1. The Kier molecular flexibility index (Phi) is 4.90. The summed E-state index contributed by atoms with van der Waals surface area (Å²) in [7, 11) is 1.60. The number of halogens is 1. The first kappa shape index (κ1) is 16.4. The summed E-state index contributed by atoms with van der Waals surface area (Å²) in [6.07, 6.45) is 1.51. The fraction of sp³-hybridized carbons (Fsp3) is 0.188. The minimum atomic E-state index is -0.714. The quantitative estimate of drug-likeness (QED) is 0.677. The summed E-state index contributed by atoms with van der Waals surface area (Å²) in [6, 6.07) is 6.60. The number of aryl methyl sites for hydroxylation is 1. The summed E-state index contributed by atoms with van der Waals surface area (Å²) in [5.41, 5.74) is 0.949. The molecule has 1 N–H and O–H groups in total. The zero-order chi connectivity index (χ0) is 17.0. The van der Waals surface area contributed by atoms with Crippen LogP contribution in [0.1, 0.15) is 27.8 Å². The first-order chi connectivity index (χ1) is 10.9. The Balaban J connectivity index is 1.92. The highest BCUT2D eigenvalue weighted by Gasteiger charge is 2.16. The van der Waals surface area contributed by atoms with E-state index in [1.54, 1.807) is 7.05 Å². The van der Waals surface area contributed by atoms with E-state index in [1.165, 1.54) is 48.0 Å². The van der Waals surface area contributed by atoms with Gasteiger partial charge in [0.15, 0.2) is 12.4 Å². The third-order valence-corrected chi connectivity index (χ3v) is 3.08. The molecule has 0 saturated carbocycles. The maximum absolute atomic E-state index is 12.8. The second-order valence-electron chi connectivity index (χ2n) is 4.91. The minimum absolute atomic E-state index is 0.171. The molecule has 0 spiro atoms. The monoisotopic (exact) mass is 318 g/mol. The molecule has 2 aromatic rings. The van der Waals surface area contributed by atoms with Gasteiger partial charge >= 0.3 is 5.97 Å². The van der Waals surface area contributed by atoms with E-state index in [2.05, 4.69) is 5.32 Å². The van der Waals surface area contributed by atoms with Crippen LogP contribution in [-0.2, 0) is 16.6 Å². The number of nitrogens with zero attached hydrogens (tertiary/aromatic N) is 1. The molecule has 0 aliphatic rings. The third kappa shape index (κ3) is 4.26. The molecule has 0 radical (unpaired) electrons. The van der Waals surface area contributed by atoms with Gasteiger partial charge in [0, 0.05) is 24.5 Å². The van der Waals surface area contributed by atoms with Crippen molar-refractivity contribution in [2.24, 2.45) is 7.05 Å². The largest absolute Gasteiger partial charge is 0.451 e. The Labute approximate surface area is 131 Å².